The maximum Gasteiger partial charge on any atom is 0.0713 e. The summed E-state index contributed by atoms with van der Waals surface area (Å²) in [6, 6.07) is 18.5. The van der Waals surface area contributed by atoms with Crippen LogP contribution in [0.2, 0.25) is 0 Å². The molecule has 3 aliphatic heterocycles. The second kappa shape index (κ2) is 3.54. The van der Waals surface area contributed by atoms with Crippen molar-refractivity contribution < 1.29 is 0 Å². The van der Waals surface area contributed by atoms with E-state index in [0.29, 0.717) is 6.04 Å². The molecule has 0 fully saturated rings. The first-order valence-electron chi connectivity index (χ1n) is 8.51. The Bertz CT molecular complexity index is 1210. The zero-order chi connectivity index (χ0) is 15.4. The summed E-state index contributed by atoms with van der Waals surface area (Å²) in [7, 11) is 0. The van der Waals surface area contributed by atoms with E-state index in [1.54, 1.807) is 0 Å². The molecule has 0 N–H and O–H groups in total. The lowest BCUT2D eigenvalue weighted by Crippen LogP contribution is -2.34. The van der Waals surface area contributed by atoms with Gasteiger partial charge in [0.1, 0.15) is 0 Å². The van der Waals surface area contributed by atoms with Gasteiger partial charge < -0.3 is 4.90 Å². The number of hydrogen-bond donors (Lipinski definition) is 0. The van der Waals surface area contributed by atoms with Crippen molar-refractivity contribution in [1.82, 2.24) is 0 Å². The Morgan fingerprint density at radius 2 is 1.00 bits per heavy atom. The third kappa shape index (κ3) is 1.09. The van der Waals surface area contributed by atoms with E-state index in [-0.39, 0.29) is 0 Å². The fourth-order valence-corrected chi connectivity index (χ4v) is 4.88. The Balaban J connectivity index is 1.94. The summed E-state index contributed by atoms with van der Waals surface area (Å²) in [5.41, 5.74) is 5.45. The minimum Gasteiger partial charge on any atom is -0.329 e. The Kier molecular flexibility index (Phi) is 1.69. The van der Waals surface area contributed by atoms with Crippen molar-refractivity contribution in [2.75, 3.05) is 4.90 Å². The van der Waals surface area contributed by atoms with Crippen LogP contribution in [-0.2, 0) is 0 Å². The molecule has 4 aromatic carbocycles. The highest BCUT2D eigenvalue weighted by Crippen LogP contribution is 2.54. The van der Waals surface area contributed by atoms with E-state index in [2.05, 4.69) is 77.7 Å². The summed E-state index contributed by atoms with van der Waals surface area (Å²) >= 11 is 0. The van der Waals surface area contributed by atoms with Gasteiger partial charge in [-0.05, 0) is 27.3 Å². The lowest BCUT2D eigenvalue weighted by Gasteiger charge is -2.41. The van der Waals surface area contributed by atoms with Crippen molar-refractivity contribution in [3.05, 3.63) is 71.8 Å². The normalized spacial score (nSPS) is 16.6. The first kappa shape index (κ1) is 11.5. The number of anilines is 2. The molecule has 3 aliphatic rings. The molecule has 1 nitrogen and oxygen atoms in total. The lowest BCUT2D eigenvalue weighted by molar-refractivity contribution is 0.936. The molecule has 0 aliphatic carbocycles. The highest BCUT2D eigenvalue weighted by Gasteiger charge is 2.33. The third-order valence-electron chi connectivity index (χ3n) is 5.88. The van der Waals surface area contributed by atoms with Gasteiger partial charge in [-0.1, -0.05) is 72.8 Å². The Hall–Kier alpha value is -3.06. The minimum absolute atomic E-state index is 0.324. The molecule has 0 aromatic heterocycles. The van der Waals surface area contributed by atoms with Crippen LogP contribution in [0.3, 0.4) is 0 Å². The molecule has 0 bridgehead atoms. The summed E-state index contributed by atoms with van der Waals surface area (Å²) in [6.07, 6.45) is 9.22. The molecule has 0 radical (unpaired) electrons. The molecule has 0 unspecified atom stereocenters. The largest absolute Gasteiger partial charge is 0.329 e. The van der Waals surface area contributed by atoms with Crippen LogP contribution in [0.15, 0.2) is 60.7 Å². The van der Waals surface area contributed by atoms with E-state index < -0.39 is 0 Å². The van der Waals surface area contributed by atoms with Crippen LogP contribution in [0, 0.1) is 0 Å². The van der Waals surface area contributed by atoms with Crippen LogP contribution in [-0.4, -0.2) is 6.04 Å². The Morgan fingerprint density at radius 1 is 0.542 bits per heavy atom. The molecule has 1 heteroatoms. The van der Waals surface area contributed by atoms with Gasteiger partial charge in [0.2, 0.25) is 0 Å². The second-order valence-corrected chi connectivity index (χ2v) is 7.01. The van der Waals surface area contributed by atoms with Crippen LogP contribution in [0.25, 0.3) is 44.5 Å². The van der Waals surface area contributed by atoms with Gasteiger partial charge in [-0.15, -0.1) is 0 Å². The SMILES string of the molecule is C1=CC2C=Cc3ccc4ccc5ccc6ccc1c1c6c5c4c3N12. The summed E-state index contributed by atoms with van der Waals surface area (Å²) in [4.78, 5) is 2.56. The van der Waals surface area contributed by atoms with Gasteiger partial charge in [0.15, 0.2) is 0 Å². The molecule has 0 spiro atoms. The zero-order valence-corrected chi connectivity index (χ0v) is 13.0. The van der Waals surface area contributed by atoms with Crippen LogP contribution in [0.4, 0.5) is 11.4 Å². The van der Waals surface area contributed by atoms with E-state index in [1.807, 2.05) is 0 Å². The molecule has 4 aromatic rings. The molecule has 110 valence electrons. The highest BCUT2D eigenvalue weighted by molar-refractivity contribution is 6.31. The van der Waals surface area contributed by atoms with E-state index in [0.717, 1.165) is 0 Å². The monoisotopic (exact) mass is 303 g/mol. The van der Waals surface area contributed by atoms with Crippen molar-refractivity contribution in [3.63, 3.8) is 0 Å². The fourth-order valence-electron chi connectivity index (χ4n) is 4.88. The highest BCUT2D eigenvalue weighted by atomic mass is 15.2. The lowest BCUT2D eigenvalue weighted by atomic mass is 9.84. The molecule has 0 saturated carbocycles. The van der Waals surface area contributed by atoms with Gasteiger partial charge >= 0.3 is 0 Å². The van der Waals surface area contributed by atoms with E-state index in [1.165, 1.54) is 54.8 Å². The average Bonchev–Trinajstić information content (AvgIpc) is 2.65. The topological polar surface area (TPSA) is 3.24 Å². The molecular formula is C23H13N. The van der Waals surface area contributed by atoms with Gasteiger partial charge in [-0.25, -0.2) is 0 Å². The summed E-state index contributed by atoms with van der Waals surface area (Å²) in [5, 5.41) is 8.30. The van der Waals surface area contributed by atoms with Crippen LogP contribution in [0.5, 0.6) is 0 Å². The standard InChI is InChI=1S/C23H13N/c1-3-14-5-7-16-9-11-18-12-10-17-8-6-15-4-2-13(1)19-20(14)22(16)24(18)23(17)21(15)19/h1-12,18H. The van der Waals surface area contributed by atoms with Crippen molar-refractivity contribution >= 4 is 55.8 Å². The molecular weight excluding hydrogens is 290 g/mol. The van der Waals surface area contributed by atoms with E-state index in [4.69, 9.17) is 0 Å². The molecule has 0 amide bonds. The average molecular weight is 303 g/mol. The maximum absolute atomic E-state index is 2.56. The summed E-state index contributed by atoms with van der Waals surface area (Å²) in [5.74, 6) is 0. The van der Waals surface area contributed by atoms with Gasteiger partial charge in [0.05, 0.1) is 17.4 Å². The zero-order valence-electron chi connectivity index (χ0n) is 13.0. The molecule has 0 saturated heterocycles. The summed E-state index contributed by atoms with van der Waals surface area (Å²) in [6.45, 7) is 0. The molecule has 24 heavy (non-hydrogen) atoms. The van der Waals surface area contributed by atoms with Gasteiger partial charge in [0.25, 0.3) is 0 Å². The van der Waals surface area contributed by atoms with Gasteiger partial charge in [0, 0.05) is 16.2 Å². The molecule has 3 heterocycles. The van der Waals surface area contributed by atoms with Gasteiger partial charge in [-0.2, -0.15) is 0 Å². The molecule has 7 rings (SSSR count). The predicted molar refractivity (Wildman–Crippen MR) is 103 cm³/mol. The minimum atomic E-state index is 0.324. The van der Waals surface area contributed by atoms with Gasteiger partial charge in [-0.3, -0.25) is 0 Å². The van der Waals surface area contributed by atoms with Crippen LogP contribution >= 0.6 is 0 Å². The maximum atomic E-state index is 2.56. The predicted octanol–water partition coefficient (Wildman–Crippen LogP) is 6.02. The number of hydrogen-bond acceptors (Lipinski definition) is 1. The Morgan fingerprint density at radius 3 is 1.54 bits per heavy atom. The van der Waals surface area contributed by atoms with E-state index >= 15 is 0 Å². The number of rotatable bonds is 0. The van der Waals surface area contributed by atoms with Crippen molar-refractivity contribution in [2.24, 2.45) is 0 Å². The van der Waals surface area contributed by atoms with Crippen molar-refractivity contribution in [2.45, 2.75) is 6.04 Å². The second-order valence-electron chi connectivity index (χ2n) is 7.01. The van der Waals surface area contributed by atoms with Crippen molar-refractivity contribution in [3.8, 4) is 0 Å². The van der Waals surface area contributed by atoms with Crippen LogP contribution < -0.4 is 4.90 Å². The van der Waals surface area contributed by atoms with Crippen molar-refractivity contribution in [1.29, 1.82) is 0 Å². The number of benzene rings is 4. The number of nitrogens with zero attached hydrogens (tertiary/aromatic N) is 1. The van der Waals surface area contributed by atoms with Crippen LogP contribution in [0.1, 0.15) is 11.1 Å². The van der Waals surface area contributed by atoms with E-state index in [9.17, 15) is 0 Å². The molecule has 0 atom stereocenters. The summed E-state index contributed by atoms with van der Waals surface area (Å²) < 4.78 is 0. The quantitative estimate of drug-likeness (QED) is 0.359. The fraction of sp³-hybridized carbons (Fsp3) is 0.0435. The Labute approximate surface area is 139 Å². The first-order valence-corrected chi connectivity index (χ1v) is 8.51. The smallest absolute Gasteiger partial charge is 0.0713 e. The third-order valence-corrected chi connectivity index (χ3v) is 5.88. The first-order chi connectivity index (χ1) is 11.9.